The van der Waals surface area contributed by atoms with Crippen molar-refractivity contribution in [3.8, 4) is 17.7 Å². The molecule has 10 nitrogen and oxygen atoms in total. The van der Waals surface area contributed by atoms with Gasteiger partial charge in [-0.15, -0.1) is 10.2 Å². The van der Waals surface area contributed by atoms with Gasteiger partial charge in [0.1, 0.15) is 23.1 Å². The molecule has 2 aromatic carbocycles. The predicted molar refractivity (Wildman–Crippen MR) is 106 cm³/mol. The predicted octanol–water partition coefficient (Wildman–Crippen LogP) is 3.81. The van der Waals surface area contributed by atoms with Gasteiger partial charge in [0.25, 0.3) is 11.2 Å². The number of aromatic hydroxyl groups is 2. The molecule has 0 aliphatic carbocycles. The van der Waals surface area contributed by atoms with Gasteiger partial charge in [0.15, 0.2) is 5.69 Å². The van der Waals surface area contributed by atoms with Gasteiger partial charge in [-0.05, 0) is 18.6 Å². The van der Waals surface area contributed by atoms with E-state index in [-0.39, 0.29) is 40.5 Å². The molecule has 0 amide bonds. The fourth-order valence-electron chi connectivity index (χ4n) is 2.78. The Morgan fingerprint density at radius 1 is 1.17 bits per heavy atom. The maximum absolute atomic E-state index is 12.6. The Kier molecular flexibility index (Phi) is 5.55. The third-order valence-electron chi connectivity index (χ3n) is 4.38. The molecular weight excluding hydrogens is 390 g/mol. The number of hydrogen-bond acceptors (Lipinski definition) is 8. The molecule has 3 aromatic rings. The number of benzene rings is 2. The molecule has 3 rings (SSSR count). The van der Waals surface area contributed by atoms with Crippen LogP contribution in [0.3, 0.4) is 0 Å². The summed E-state index contributed by atoms with van der Waals surface area (Å²) in [6.07, 6.45) is 0. The van der Waals surface area contributed by atoms with Crippen molar-refractivity contribution in [3.05, 3.63) is 85.7 Å². The minimum atomic E-state index is -0.687. The van der Waals surface area contributed by atoms with Crippen molar-refractivity contribution in [2.45, 2.75) is 13.5 Å². The lowest BCUT2D eigenvalue weighted by Gasteiger charge is -2.13. The number of azo groups is 1. The van der Waals surface area contributed by atoms with E-state index in [1.807, 2.05) is 0 Å². The molecular formula is C20H15N5O5. The fourth-order valence-corrected chi connectivity index (χ4v) is 2.78. The standard InChI is InChI=1S/C20H15N5O5/c1-12-15(10-21)19(27)24(11-13-5-3-2-4-6-13)20(28)18(12)23-22-16-9-14(25(29)30)7-8-17(16)26/h2-9,26,28H,11H2,1H3/b23-22+. The van der Waals surface area contributed by atoms with Gasteiger partial charge in [-0.3, -0.25) is 19.5 Å². The van der Waals surface area contributed by atoms with Crippen LogP contribution < -0.4 is 5.56 Å². The molecule has 0 fully saturated rings. The Bertz CT molecular complexity index is 1260. The van der Waals surface area contributed by atoms with Crippen molar-refractivity contribution in [2.24, 2.45) is 10.2 Å². The molecule has 30 heavy (non-hydrogen) atoms. The van der Waals surface area contributed by atoms with Crippen LogP contribution >= 0.6 is 0 Å². The van der Waals surface area contributed by atoms with Crippen LogP contribution in [-0.4, -0.2) is 19.7 Å². The topological polar surface area (TPSA) is 154 Å². The molecule has 150 valence electrons. The molecule has 0 saturated carbocycles. The minimum absolute atomic E-state index is 0.00888. The lowest BCUT2D eigenvalue weighted by atomic mass is 10.1. The monoisotopic (exact) mass is 405 g/mol. The first kappa shape index (κ1) is 20.2. The van der Waals surface area contributed by atoms with E-state index >= 15 is 0 Å². The van der Waals surface area contributed by atoms with E-state index in [0.717, 1.165) is 22.8 Å². The summed E-state index contributed by atoms with van der Waals surface area (Å²) < 4.78 is 0.989. The quantitative estimate of drug-likeness (QED) is 0.374. The number of aromatic nitrogens is 1. The largest absolute Gasteiger partial charge is 0.506 e. The van der Waals surface area contributed by atoms with E-state index in [4.69, 9.17) is 0 Å². The maximum Gasteiger partial charge on any atom is 0.271 e. The average Bonchev–Trinajstić information content (AvgIpc) is 2.73. The Balaban J connectivity index is 2.14. The Hall–Kier alpha value is -4.52. The maximum atomic E-state index is 12.6. The van der Waals surface area contributed by atoms with E-state index < -0.39 is 16.4 Å². The minimum Gasteiger partial charge on any atom is -0.506 e. The molecule has 0 aliphatic heterocycles. The summed E-state index contributed by atoms with van der Waals surface area (Å²) in [6, 6.07) is 13.8. The van der Waals surface area contributed by atoms with Crippen LogP contribution in [0.25, 0.3) is 0 Å². The van der Waals surface area contributed by atoms with Crippen LogP contribution in [0, 0.1) is 28.4 Å². The van der Waals surface area contributed by atoms with E-state index in [9.17, 15) is 30.4 Å². The van der Waals surface area contributed by atoms with Crippen LogP contribution in [-0.2, 0) is 6.54 Å². The van der Waals surface area contributed by atoms with Gasteiger partial charge in [0.05, 0.1) is 11.5 Å². The second kappa shape index (κ2) is 8.24. The van der Waals surface area contributed by atoms with Crippen molar-refractivity contribution in [2.75, 3.05) is 0 Å². The van der Waals surface area contributed by atoms with Crippen molar-refractivity contribution in [1.82, 2.24) is 4.57 Å². The number of nitrogens with zero attached hydrogens (tertiary/aromatic N) is 5. The summed E-state index contributed by atoms with van der Waals surface area (Å²) in [5.74, 6) is -0.881. The summed E-state index contributed by atoms with van der Waals surface area (Å²) in [6.45, 7) is 1.42. The van der Waals surface area contributed by atoms with E-state index in [1.54, 1.807) is 36.4 Å². The highest BCUT2D eigenvalue weighted by molar-refractivity contribution is 5.61. The zero-order valence-corrected chi connectivity index (χ0v) is 15.7. The molecule has 0 radical (unpaired) electrons. The summed E-state index contributed by atoms with van der Waals surface area (Å²) in [5.41, 5.74) is -0.779. The number of nitro groups is 1. The van der Waals surface area contributed by atoms with Crippen molar-refractivity contribution in [1.29, 1.82) is 5.26 Å². The van der Waals surface area contributed by atoms with Crippen LogP contribution in [0.4, 0.5) is 17.1 Å². The molecule has 0 atom stereocenters. The number of rotatable bonds is 5. The van der Waals surface area contributed by atoms with Crippen molar-refractivity contribution in [3.63, 3.8) is 0 Å². The normalized spacial score (nSPS) is 10.8. The SMILES string of the molecule is Cc1c(/N=N/c2cc([N+](=O)[O-])ccc2O)c(O)n(Cc2ccccc2)c(=O)c1C#N. The van der Waals surface area contributed by atoms with Gasteiger partial charge in [-0.1, -0.05) is 30.3 Å². The first-order chi connectivity index (χ1) is 14.3. The zero-order valence-electron chi connectivity index (χ0n) is 15.7. The van der Waals surface area contributed by atoms with Crippen LogP contribution in [0.2, 0.25) is 0 Å². The fraction of sp³-hybridized carbons (Fsp3) is 0.100. The number of pyridine rings is 1. The molecule has 1 aromatic heterocycles. The molecule has 0 aliphatic rings. The van der Waals surface area contributed by atoms with Gasteiger partial charge in [0.2, 0.25) is 5.88 Å². The third kappa shape index (κ3) is 3.85. The molecule has 0 spiro atoms. The summed E-state index contributed by atoms with van der Waals surface area (Å²) in [5, 5.41) is 48.5. The van der Waals surface area contributed by atoms with Crippen molar-refractivity contribution < 1.29 is 15.1 Å². The van der Waals surface area contributed by atoms with Gasteiger partial charge < -0.3 is 10.2 Å². The summed E-state index contributed by atoms with van der Waals surface area (Å²) in [7, 11) is 0. The van der Waals surface area contributed by atoms with Gasteiger partial charge in [-0.25, -0.2) is 0 Å². The second-order valence-corrected chi connectivity index (χ2v) is 6.29. The Labute approximate surface area is 169 Å². The van der Waals surface area contributed by atoms with E-state index in [0.29, 0.717) is 5.56 Å². The molecule has 1 heterocycles. The zero-order chi connectivity index (χ0) is 21.8. The third-order valence-corrected chi connectivity index (χ3v) is 4.38. The Morgan fingerprint density at radius 2 is 1.87 bits per heavy atom. The van der Waals surface area contributed by atoms with E-state index in [1.165, 1.54) is 6.92 Å². The molecule has 0 saturated heterocycles. The number of nitriles is 1. The van der Waals surface area contributed by atoms with Crippen LogP contribution in [0.15, 0.2) is 63.6 Å². The number of phenolic OH excluding ortho intramolecular Hbond substituents is 1. The average molecular weight is 405 g/mol. The van der Waals surface area contributed by atoms with E-state index in [2.05, 4.69) is 10.2 Å². The highest BCUT2D eigenvalue weighted by atomic mass is 16.6. The molecule has 0 unspecified atom stereocenters. The van der Waals surface area contributed by atoms with Gasteiger partial charge in [-0.2, -0.15) is 5.26 Å². The molecule has 10 heteroatoms. The van der Waals surface area contributed by atoms with Crippen LogP contribution in [0.5, 0.6) is 11.6 Å². The molecule has 2 N–H and O–H groups in total. The number of phenols is 1. The number of nitro benzene ring substituents is 1. The number of non-ortho nitro benzene ring substituents is 1. The highest BCUT2D eigenvalue weighted by Crippen LogP contribution is 2.35. The smallest absolute Gasteiger partial charge is 0.271 e. The summed E-state index contributed by atoms with van der Waals surface area (Å²) in [4.78, 5) is 22.9. The number of hydrogen-bond donors (Lipinski definition) is 2. The van der Waals surface area contributed by atoms with Crippen molar-refractivity contribution >= 4 is 17.1 Å². The van der Waals surface area contributed by atoms with Gasteiger partial charge >= 0.3 is 0 Å². The first-order valence-electron chi connectivity index (χ1n) is 8.63. The van der Waals surface area contributed by atoms with Crippen LogP contribution in [0.1, 0.15) is 16.7 Å². The summed E-state index contributed by atoms with van der Waals surface area (Å²) >= 11 is 0. The van der Waals surface area contributed by atoms with Gasteiger partial charge in [0, 0.05) is 17.7 Å². The molecule has 0 bridgehead atoms. The second-order valence-electron chi connectivity index (χ2n) is 6.29. The first-order valence-corrected chi connectivity index (χ1v) is 8.63. The lowest BCUT2D eigenvalue weighted by molar-refractivity contribution is -0.384. The highest BCUT2D eigenvalue weighted by Gasteiger charge is 2.20. The Morgan fingerprint density at radius 3 is 2.50 bits per heavy atom. The lowest BCUT2D eigenvalue weighted by Crippen LogP contribution is -2.24.